The molecule has 1 aromatic rings. The zero-order chi connectivity index (χ0) is 6.69. The van der Waals surface area contributed by atoms with Crippen LogP contribution in [0.5, 0.6) is 0 Å². The summed E-state index contributed by atoms with van der Waals surface area (Å²) in [7, 11) is 0. The maximum Gasteiger partial charge on any atom is 0.151 e. The fraction of sp³-hybridized carbons (Fsp3) is 0. The Kier molecular flexibility index (Phi) is 1.49. The van der Waals surface area contributed by atoms with Crippen LogP contribution >= 0.6 is 0 Å². The first-order valence-electron chi connectivity index (χ1n) is 2.63. The molecule has 1 rings (SSSR count). The Morgan fingerprint density at radius 3 is 2.78 bits per heavy atom. The van der Waals surface area contributed by atoms with Gasteiger partial charge < -0.3 is 4.98 Å². The van der Waals surface area contributed by atoms with Gasteiger partial charge in [-0.15, -0.1) is 0 Å². The van der Waals surface area contributed by atoms with Crippen molar-refractivity contribution in [3.63, 3.8) is 0 Å². The summed E-state index contributed by atoms with van der Waals surface area (Å²) in [6.45, 7) is 3.53. The molecule has 0 aliphatic heterocycles. The third-order valence-corrected chi connectivity index (χ3v) is 1.08. The predicted octanol–water partition coefficient (Wildman–Crippen LogP) is 1.47. The van der Waals surface area contributed by atoms with Crippen molar-refractivity contribution in [1.82, 2.24) is 4.98 Å². The molecule has 2 nitrogen and oxygen atoms in total. The average Bonchev–Trinajstić information content (AvgIpc) is 2.34. The topological polar surface area (TPSA) is 32.9 Å². The van der Waals surface area contributed by atoms with E-state index in [1.807, 2.05) is 0 Å². The second-order valence-corrected chi connectivity index (χ2v) is 1.71. The van der Waals surface area contributed by atoms with E-state index >= 15 is 0 Å². The van der Waals surface area contributed by atoms with Crippen LogP contribution in [0.2, 0.25) is 0 Å². The minimum Gasteiger partial charge on any atom is -0.361 e. The van der Waals surface area contributed by atoms with Gasteiger partial charge in [-0.3, -0.25) is 4.79 Å². The molecule has 0 atom stereocenters. The van der Waals surface area contributed by atoms with Gasteiger partial charge in [0.25, 0.3) is 0 Å². The van der Waals surface area contributed by atoms with E-state index in [2.05, 4.69) is 11.6 Å². The number of aromatic nitrogens is 1. The smallest absolute Gasteiger partial charge is 0.151 e. The van der Waals surface area contributed by atoms with Gasteiger partial charge in [0.05, 0.1) is 0 Å². The SMILES string of the molecule is C=Cc1cc(C=O)c[nH]1. The van der Waals surface area contributed by atoms with Gasteiger partial charge in [-0.05, 0) is 12.1 Å². The Hall–Kier alpha value is -1.31. The van der Waals surface area contributed by atoms with E-state index < -0.39 is 0 Å². The molecule has 0 amide bonds. The van der Waals surface area contributed by atoms with Crippen molar-refractivity contribution >= 4 is 12.4 Å². The number of nitrogens with one attached hydrogen (secondary N) is 1. The highest BCUT2D eigenvalue weighted by Crippen LogP contribution is 2.00. The molecule has 0 fully saturated rings. The van der Waals surface area contributed by atoms with Crippen molar-refractivity contribution in [3.05, 3.63) is 30.1 Å². The zero-order valence-corrected chi connectivity index (χ0v) is 4.92. The number of aromatic amines is 1. The molecule has 1 N–H and O–H groups in total. The van der Waals surface area contributed by atoms with Crippen LogP contribution in [0.1, 0.15) is 16.1 Å². The summed E-state index contributed by atoms with van der Waals surface area (Å²) in [6.07, 6.45) is 4.10. The molecule has 0 saturated heterocycles. The Morgan fingerprint density at radius 2 is 2.44 bits per heavy atom. The first-order valence-corrected chi connectivity index (χ1v) is 2.63. The maximum absolute atomic E-state index is 10.1. The van der Waals surface area contributed by atoms with Crippen molar-refractivity contribution in [2.45, 2.75) is 0 Å². The molecule has 0 unspecified atom stereocenters. The van der Waals surface area contributed by atoms with Crippen LogP contribution in [-0.4, -0.2) is 11.3 Å². The normalized spacial score (nSPS) is 8.89. The number of aldehydes is 1. The summed E-state index contributed by atoms with van der Waals surface area (Å²) in [5, 5.41) is 0. The number of hydrogen-bond donors (Lipinski definition) is 1. The molecular weight excluding hydrogens is 114 g/mol. The van der Waals surface area contributed by atoms with Gasteiger partial charge in [0.2, 0.25) is 0 Å². The van der Waals surface area contributed by atoms with E-state index in [-0.39, 0.29) is 0 Å². The van der Waals surface area contributed by atoms with E-state index in [0.717, 1.165) is 12.0 Å². The van der Waals surface area contributed by atoms with Crippen molar-refractivity contribution in [3.8, 4) is 0 Å². The van der Waals surface area contributed by atoms with E-state index in [0.29, 0.717) is 5.56 Å². The van der Waals surface area contributed by atoms with E-state index in [9.17, 15) is 4.79 Å². The summed E-state index contributed by atoms with van der Waals surface area (Å²) in [5.41, 5.74) is 1.53. The maximum atomic E-state index is 10.1. The van der Waals surface area contributed by atoms with Crippen molar-refractivity contribution < 1.29 is 4.79 Å². The monoisotopic (exact) mass is 121 g/mol. The number of rotatable bonds is 2. The van der Waals surface area contributed by atoms with Gasteiger partial charge in [-0.2, -0.15) is 0 Å². The Bertz CT molecular complexity index is 202. The van der Waals surface area contributed by atoms with Gasteiger partial charge in [0, 0.05) is 17.5 Å². The fourth-order valence-corrected chi connectivity index (χ4v) is 0.615. The van der Waals surface area contributed by atoms with E-state index in [1.54, 1.807) is 18.3 Å². The van der Waals surface area contributed by atoms with Crippen molar-refractivity contribution in [1.29, 1.82) is 0 Å². The molecule has 46 valence electrons. The fourth-order valence-electron chi connectivity index (χ4n) is 0.615. The summed E-state index contributed by atoms with van der Waals surface area (Å²) in [4.78, 5) is 12.9. The van der Waals surface area contributed by atoms with Gasteiger partial charge >= 0.3 is 0 Å². The van der Waals surface area contributed by atoms with Crippen LogP contribution in [-0.2, 0) is 0 Å². The highest BCUT2D eigenvalue weighted by atomic mass is 16.1. The Morgan fingerprint density at radius 1 is 1.67 bits per heavy atom. The number of carbonyl (C=O) groups excluding carboxylic acids is 1. The molecule has 0 aliphatic rings. The minimum absolute atomic E-state index is 0.657. The number of hydrogen-bond acceptors (Lipinski definition) is 1. The lowest BCUT2D eigenvalue weighted by Gasteiger charge is -1.75. The summed E-state index contributed by atoms with van der Waals surface area (Å²) >= 11 is 0. The summed E-state index contributed by atoms with van der Waals surface area (Å²) < 4.78 is 0. The lowest BCUT2D eigenvalue weighted by atomic mass is 10.3. The standard InChI is InChI=1S/C7H7NO/c1-2-7-3-6(5-9)4-8-7/h2-5,8H,1H2. The second-order valence-electron chi connectivity index (χ2n) is 1.71. The second kappa shape index (κ2) is 2.31. The van der Waals surface area contributed by atoms with Crippen LogP contribution in [0.4, 0.5) is 0 Å². The number of H-pyrrole nitrogens is 1. The van der Waals surface area contributed by atoms with Crippen LogP contribution < -0.4 is 0 Å². The molecule has 0 spiro atoms. The largest absolute Gasteiger partial charge is 0.361 e. The first-order chi connectivity index (χ1) is 4.36. The van der Waals surface area contributed by atoms with Gasteiger partial charge in [0.15, 0.2) is 6.29 Å². The highest BCUT2D eigenvalue weighted by molar-refractivity contribution is 5.75. The minimum atomic E-state index is 0.657. The molecule has 0 radical (unpaired) electrons. The van der Waals surface area contributed by atoms with E-state index in [1.165, 1.54) is 0 Å². The summed E-state index contributed by atoms with van der Waals surface area (Å²) in [5.74, 6) is 0. The molecule has 1 aromatic heterocycles. The molecule has 0 aromatic carbocycles. The molecule has 0 aliphatic carbocycles. The van der Waals surface area contributed by atoms with Crippen LogP contribution in [0.15, 0.2) is 18.8 Å². The van der Waals surface area contributed by atoms with Crippen LogP contribution in [0.25, 0.3) is 6.08 Å². The van der Waals surface area contributed by atoms with Crippen molar-refractivity contribution in [2.24, 2.45) is 0 Å². The lowest BCUT2D eigenvalue weighted by Crippen LogP contribution is -1.66. The van der Waals surface area contributed by atoms with E-state index in [4.69, 9.17) is 0 Å². The van der Waals surface area contributed by atoms with Gasteiger partial charge in [0.1, 0.15) is 0 Å². The zero-order valence-electron chi connectivity index (χ0n) is 4.92. The average molecular weight is 121 g/mol. The lowest BCUT2D eigenvalue weighted by molar-refractivity contribution is 0.112. The molecule has 2 heteroatoms. The van der Waals surface area contributed by atoms with Crippen LogP contribution in [0, 0.1) is 0 Å². The van der Waals surface area contributed by atoms with Crippen LogP contribution in [0.3, 0.4) is 0 Å². The molecule has 9 heavy (non-hydrogen) atoms. The predicted molar refractivity (Wildman–Crippen MR) is 36.3 cm³/mol. The third kappa shape index (κ3) is 1.08. The molecule has 1 heterocycles. The Labute approximate surface area is 53.2 Å². The molecule has 0 saturated carbocycles. The first kappa shape index (κ1) is 5.82. The van der Waals surface area contributed by atoms with Crippen molar-refractivity contribution in [2.75, 3.05) is 0 Å². The van der Waals surface area contributed by atoms with Gasteiger partial charge in [-0.1, -0.05) is 6.58 Å². The molecular formula is C7H7NO. The molecule has 0 bridgehead atoms. The number of carbonyl (C=O) groups is 1. The quantitative estimate of drug-likeness (QED) is 0.590. The summed E-state index contributed by atoms with van der Waals surface area (Å²) in [6, 6.07) is 1.74. The Balaban J connectivity index is 2.98. The van der Waals surface area contributed by atoms with Gasteiger partial charge in [-0.25, -0.2) is 0 Å². The third-order valence-electron chi connectivity index (χ3n) is 1.08. The highest BCUT2D eigenvalue weighted by Gasteiger charge is 1.90.